The van der Waals surface area contributed by atoms with Crippen molar-refractivity contribution >= 4 is 17.2 Å². The maximum atomic E-state index is 11.6. The molecule has 0 bridgehead atoms. The quantitative estimate of drug-likeness (QED) is 0.671. The molecule has 0 saturated carbocycles. The average Bonchev–Trinajstić information content (AvgIpc) is 2.47. The Kier molecular flexibility index (Phi) is 3.18. The van der Waals surface area contributed by atoms with Crippen molar-refractivity contribution in [3.05, 3.63) is 59.2 Å². The summed E-state index contributed by atoms with van der Waals surface area (Å²) < 4.78 is 0. The summed E-state index contributed by atoms with van der Waals surface area (Å²) in [5, 5.41) is 0. The van der Waals surface area contributed by atoms with Crippen molar-refractivity contribution in [3.8, 4) is 0 Å². The second kappa shape index (κ2) is 5.00. The summed E-state index contributed by atoms with van der Waals surface area (Å²) in [6, 6.07) is 14.3. The number of benzene rings is 2. The maximum Gasteiger partial charge on any atom is 0.161 e. The summed E-state index contributed by atoms with van der Waals surface area (Å²) in [6.07, 6.45) is 1.04. The summed E-state index contributed by atoms with van der Waals surface area (Å²) in [7, 11) is 0. The smallest absolute Gasteiger partial charge is 0.161 e. The van der Waals surface area contributed by atoms with E-state index in [1.165, 1.54) is 11.1 Å². The van der Waals surface area contributed by atoms with Crippen LogP contribution in [0.3, 0.4) is 0 Å². The minimum absolute atomic E-state index is 0.0155. The van der Waals surface area contributed by atoms with Gasteiger partial charge >= 0.3 is 0 Å². The van der Waals surface area contributed by atoms with Gasteiger partial charge in [-0.25, -0.2) is 0 Å². The third-order valence-electron chi connectivity index (χ3n) is 3.91. The number of hydrogen-bond donors (Lipinski definition) is 1. The van der Waals surface area contributed by atoms with Gasteiger partial charge in [0.2, 0.25) is 0 Å². The molecule has 0 saturated heterocycles. The fourth-order valence-electron chi connectivity index (χ4n) is 2.76. The number of anilines is 2. The molecule has 1 aliphatic rings. The highest BCUT2D eigenvalue weighted by molar-refractivity contribution is 6.00. The second-order valence-electron chi connectivity index (χ2n) is 5.27. The molecule has 0 unspecified atom stereocenters. The van der Waals surface area contributed by atoms with Crippen molar-refractivity contribution in [3.63, 3.8) is 0 Å². The van der Waals surface area contributed by atoms with Crippen LogP contribution in [0.2, 0.25) is 0 Å². The van der Waals surface area contributed by atoms with Gasteiger partial charge in [0.05, 0.1) is 0 Å². The highest BCUT2D eigenvalue weighted by Crippen LogP contribution is 2.27. The molecule has 1 heterocycles. The van der Waals surface area contributed by atoms with Crippen LogP contribution in [0.15, 0.2) is 42.5 Å². The summed E-state index contributed by atoms with van der Waals surface area (Å²) in [6.45, 7) is 3.41. The monoisotopic (exact) mass is 266 g/mol. The van der Waals surface area contributed by atoms with Crippen LogP contribution in [0.5, 0.6) is 0 Å². The molecule has 2 aromatic rings. The van der Waals surface area contributed by atoms with Crippen LogP contribution >= 0.6 is 0 Å². The van der Waals surface area contributed by atoms with Crippen molar-refractivity contribution in [2.24, 2.45) is 0 Å². The zero-order valence-electron chi connectivity index (χ0n) is 11.6. The molecule has 3 heteroatoms. The van der Waals surface area contributed by atoms with Gasteiger partial charge in [0, 0.05) is 30.0 Å². The van der Waals surface area contributed by atoms with Gasteiger partial charge in [0.15, 0.2) is 5.78 Å². The molecule has 3 rings (SSSR count). The minimum Gasteiger partial charge on any atom is -0.398 e. The molecule has 102 valence electrons. The van der Waals surface area contributed by atoms with E-state index >= 15 is 0 Å². The number of nitrogens with zero attached hydrogens (tertiary/aromatic N) is 1. The van der Waals surface area contributed by atoms with Crippen molar-refractivity contribution in [2.75, 3.05) is 17.2 Å². The van der Waals surface area contributed by atoms with Crippen LogP contribution in [-0.2, 0) is 13.0 Å². The minimum atomic E-state index is 0.0155. The fraction of sp³-hybridized carbons (Fsp3) is 0.235. The third kappa shape index (κ3) is 2.27. The largest absolute Gasteiger partial charge is 0.398 e. The van der Waals surface area contributed by atoms with E-state index in [4.69, 9.17) is 5.73 Å². The van der Waals surface area contributed by atoms with E-state index in [2.05, 4.69) is 29.2 Å². The standard InChI is InChI=1S/C17H18N2O/c1-12(20)16-10-15(6-7-17(16)18)19-9-8-13-4-2-3-5-14(13)11-19/h2-7,10H,8-9,11,18H2,1H3. The van der Waals surface area contributed by atoms with Crippen LogP contribution in [0.1, 0.15) is 28.4 Å². The molecule has 0 spiro atoms. The Hall–Kier alpha value is -2.29. The first-order valence-corrected chi connectivity index (χ1v) is 6.87. The first-order valence-electron chi connectivity index (χ1n) is 6.87. The van der Waals surface area contributed by atoms with Crippen molar-refractivity contribution in [2.45, 2.75) is 19.9 Å². The lowest BCUT2D eigenvalue weighted by Crippen LogP contribution is -2.30. The number of nitrogens with two attached hydrogens (primary N) is 1. The molecule has 1 aliphatic heterocycles. The Morgan fingerprint density at radius 3 is 2.65 bits per heavy atom. The molecule has 3 nitrogen and oxygen atoms in total. The van der Waals surface area contributed by atoms with Crippen LogP contribution in [0, 0.1) is 0 Å². The molecule has 0 radical (unpaired) electrons. The molecular formula is C17H18N2O. The summed E-state index contributed by atoms with van der Waals surface area (Å²) in [4.78, 5) is 13.9. The molecule has 2 N–H and O–H groups in total. The Morgan fingerprint density at radius 1 is 1.15 bits per heavy atom. The lowest BCUT2D eigenvalue weighted by molar-refractivity contribution is 0.101. The molecular weight excluding hydrogens is 248 g/mol. The van der Waals surface area contributed by atoms with Gasteiger partial charge in [-0.3, -0.25) is 4.79 Å². The van der Waals surface area contributed by atoms with Crippen LogP contribution < -0.4 is 10.6 Å². The van der Waals surface area contributed by atoms with E-state index in [9.17, 15) is 4.79 Å². The number of ketones is 1. The van der Waals surface area contributed by atoms with Gasteiger partial charge in [0.1, 0.15) is 0 Å². The second-order valence-corrected chi connectivity index (χ2v) is 5.27. The SMILES string of the molecule is CC(=O)c1cc(N2CCc3ccccc3C2)ccc1N. The highest BCUT2D eigenvalue weighted by Gasteiger charge is 2.17. The van der Waals surface area contributed by atoms with Gasteiger partial charge in [-0.05, 0) is 42.7 Å². The van der Waals surface area contributed by atoms with Crippen LogP contribution in [0.25, 0.3) is 0 Å². The first-order chi connectivity index (χ1) is 9.65. The maximum absolute atomic E-state index is 11.6. The lowest BCUT2D eigenvalue weighted by Gasteiger charge is -2.31. The molecule has 0 amide bonds. The van der Waals surface area contributed by atoms with Crippen LogP contribution in [-0.4, -0.2) is 12.3 Å². The number of carbonyl (C=O) groups is 1. The summed E-state index contributed by atoms with van der Waals surface area (Å²) >= 11 is 0. The Morgan fingerprint density at radius 2 is 1.90 bits per heavy atom. The normalized spacial score (nSPS) is 13.9. The number of carbonyl (C=O) groups excluding carboxylic acids is 1. The number of fused-ring (bicyclic) bond motifs is 1. The fourth-order valence-corrected chi connectivity index (χ4v) is 2.76. The number of rotatable bonds is 2. The predicted octanol–water partition coefficient (Wildman–Crippen LogP) is 3.03. The van der Waals surface area contributed by atoms with E-state index in [0.717, 1.165) is 25.2 Å². The van der Waals surface area contributed by atoms with Crippen molar-refractivity contribution in [1.82, 2.24) is 0 Å². The first kappa shape index (κ1) is 12.7. The van der Waals surface area contributed by atoms with Crippen molar-refractivity contribution < 1.29 is 4.79 Å². The molecule has 2 aromatic carbocycles. The third-order valence-corrected chi connectivity index (χ3v) is 3.91. The Balaban J connectivity index is 1.92. The predicted molar refractivity (Wildman–Crippen MR) is 82.1 cm³/mol. The van der Waals surface area contributed by atoms with E-state index in [1.54, 1.807) is 6.92 Å². The number of Topliss-reactive ketones (excluding diaryl/α,β-unsaturated/α-hetero) is 1. The van der Waals surface area contributed by atoms with Crippen LogP contribution in [0.4, 0.5) is 11.4 Å². The molecule has 0 aromatic heterocycles. The average molecular weight is 266 g/mol. The van der Waals surface area contributed by atoms with E-state index in [-0.39, 0.29) is 5.78 Å². The molecule has 0 atom stereocenters. The van der Waals surface area contributed by atoms with E-state index in [0.29, 0.717) is 11.3 Å². The van der Waals surface area contributed by atoms with Crippen molar-refractivity contribution in [1.29, 1.82) is 0 Å². The van der Waals surface area contributed by atoms with Gasteiger partial charge in [0.25, 0.3) is 0 Å². The van der Waals surface area contributed by atoms with E-state index in [1.807, 2.05) is 18.2 Å². The Bertz CT molecular complexity index is 664. The summed E-state index contributed by atoms with van der Waals surface area (Å²) in [5.74, 6) is 0.0155. The zero-order chi connectivity index (χ0) is 14.1. The lowest BCUT2D eigenvalue weighted by atomic mass is 9.99. The van der Waals surface area contributed by atoms with E-state index < -0.39 is 0 Å². The number of nitrogen functional groups attached to an aromatic ring is 1. The van der Waals surface area contributed by atoms with Gasteiger partial charge < -0.3 is 10.6 Å². The van der Waals surface area contributed by atoms with Gasteiger partial charge in [-0.2, -0.15) is 0 Å². The molecule has 0 aliphatic carbocycles. The van der Waals surface area contributed by atoms with Gasteiger partial charge in [-0.1, -0.05) is 24.3 Å². The topological polar surface area (TPSA) is 46.3 Å². The van der Waals surface area contributed by atoms with Gasteiger partial charge in [-0.15, -0.1) is 0 Å². The number of hydrogen-bond acceptors (Lipinski definition) is 3. The highest BCUT2D eigenvalue weighted by atomic mass is 16.1. The summed E-state index contributed by atoms with van der Waals surface area (Å²) in [5.41, 5.74) is 10.9. The zero-order valence-corrected chi connectivity index (χ0v) is 11.6. The molecule has 20 heavy (non-hydrogen) atoms. The molecule has 0 fully saturated rings. The Labute approximate surface area is 119 Å².